The highest BCUT2D eigenvalue weighted by Crippen LogP contribution is 2.18. The Kier molecular flexibility index (Phi) is 2.82. The average molecular weight is 210 g/mol. The van der Waals surface area contributed by atoms with Gasteiger partial charge in [-0.3, -0.25) is 4.79 Å². The van der Waals surface area contributed by atoms with Crippen LogP contribution in [0, 0.1) is 6.92 Å². The van der Waals surface area contributed by atoms with Crippen molar-refractivity contribution in [3.63, 3.8) is 0 Å². The highest BCUT2D eigenvalue weighted by molar-refractivity contribution is 7.05. The first-order valence-corrected chi connectivity index (χ1v) is 5.77. The fourth-order valence-electron chi connectivity index (χ4n) is 1.80. The summed E-state index contributed by atoms with van der Waals surface area (Å²) in [4.78, 5) is 12.7. The minimum Gasteiger partial charge on any atom is -0.348 e. The van der Waals surface area contributed by atoms with Crippen LogP contribution in [-0.4, -0.2) is 16.3 Å². The van der Waals surface area contributed by atoms with Crippen LogP contribution < -0.4 is 5.32 Å². The van der Waals surface area contributed by atoms with E-state index >= 15 is 0 Å². The molecule has 1 aromatic heterocycles. The molecule has 3 nitrogen and oxygen atoms in total. The van der Waals surface area contributed by atoms with Gasteiger partial charge in [-0.25, -0.2) is 0 Å². The normalized spacial score (nSPS) is 17.2. The van der Waals surface area contributed by atoms with Gasteiger partial charge in [0.05, 0.1) is 0 Å². The molecule has 1 aromatic rings. The second-order valence-corrected chi connectivity index (χ2v) is 4.79. The van der Waals surface area contributed by atoms with E-state index in [1.165, 1.54) is 24.4 Å². The maximum atomic E-state index is 11.6. The van der Waals surface area contributed by atoms with Crippen LogP contribution in [0.3, 0.4) is 0 Å². The number of carbonyl (C=O) groups is 1. The van der Waals surface area contributed by atoms with Gasteiger partial charge in [-0.05, 0) is 37.4 Å². The minimum atomic E-state index is -0.0127. The highest BCUT2D eigenvalue weighted by atomic mass is 32.1. The average Bonchev–Trinajstić information content (AvgIpc) is 2.75. The quantitative estimate of drug-likeness (QED) is 0.812. The fourth-order valence-corrected chi connectivity index (χ4v) is 2.35. The van der Waals surface area contributed by atoms with Crippen molar-refractivity contribution in [1.82, 2.24) is 9.69 Å². The summed E-state index contributed by atoms with van der Waals surface area (Å²) < 4.78 is 4.09. The molecule has 0 saturated heterocycles. The number of carbonyl (C=O) groups excluding carboxylic acids is 1. The van der Waals surface area contributed by atoms with Crippen LogP contribution >= 0.6 is 11.5 Å². The molecule has 0 radical (unpaired) electrons. The number of amides is 1. The summed E-state index contributed by atoms with van der Waals surface area (Å²) >= 11 is 1.38. The van der Waals surface area contributed by atoms with Crippen LogP contribution in [-0.2, 0) is 0 Å². The van der Waals surface area contributed by atoms with Crippen molar-refractivity contribution in [1.29, 1.82) is 0 Å². The Hall–Kier alpha value is -0.900. The summed E-state index contributed by atoms with van der Waals surface area (Å²) in [6.07, 6.45) is 4.71. The predicted molar refractivity (Wildman–Crippen MR) is 56.6 cm³/mol. The molecule has 0 spiro atoms. The Morgan fingerprint density at radius 3 is 2.86 bits per heavy atom. The van der Waals surface area contributed by atoms with Crippen molar-refractivity contribution in [2.75, 3.05) is 0 Å². The Balaban J connectivity index is 1.95. The van der Waals surface area contributed by atoms with Crippen LogP contribution in [0.4, 0.5) is 0 Å². The van der Waals surface area contributed by atoms with E-state index in [9.17, 15) is 4.79 Å². The van der Waals surface area contributed by atoms with Gasteiger partial charge in [-0.15, -0.1) is 0 Å². The summed E-state index contributed by atoms with van der Waals surface area (Å²) in [5.74, 6) is -0.0127. The molecular formula is C10H14N2OS. The Labute approximate surface area is 87.7 Å². The standard InChI is InChI=1S/C10H14N2OS/c1-7-6-9(12-14-7)10(13)11-8-4-2-3-5-8/h6,8H,2-5H2,1H3,(H,11,13). The lowest BCUT2D eigenvalue weighted by molar-refractivity contribution is 0.0934. The fraction of sp³-hybridized carbons (Fsp3) is 0.600. The van der Waals surface area contributed by atoms with Gasteiger partial charge < -0.3 is 5.32 Å². The number of hydrogen-bond acceptors (Lipinski definition) is 3. The van der Waals surface area contributed by atoms with E-state index < -0.39 is 0 Å². The molecule has 1 aliphatic carbocycles. The molecule has 1 amide bonds. The molecule has 1 aliphatic rings. The molecule has 76 valence electrons. The monoisotopic (exact) mass is 210 g/mol. The summed E-state index contributed by atoms with van der Waals surface area (Å²) in [5.41, 5.74) is 0.569. The van der Waals surface area contributed by atoms with Crippen LogP contribution in [0.2, 0.25) is 0 Å². The van der Waals surface area contributed by atoms with Crippen LogP contribution in [0.5, 0.6) is 0 Å². The van der Waals surface area contributed by atoms with Crippen LogP contribution in [0.25, 0.3) is 0 Å². The summed E-state index contributed by atoms with van der Waals surface area (Å²) in [6, 6.07) is 2.22. The van der Waals surface area contributed by atoms with E-state index in [1.807, 2.05) is 13.0 Å². The van der Waals surface area contributed by atoms with E-state index in [0.29, 0.717) is 11.7 Å². The topological polar surface area (TPSA) is 42.0 Å². The molecule has 14 heavy (non-hydrogen) atoms. The number of hydrogen-bond donors (Lipinski definition) is 1. The lowest BCUT2D eigenvalue weighted by Crippen LogP contribution is -2.32. The lowest BCUT2D eigenvalue weighted by atomic mass is 10.2. The maximum Gasteiger partial charge on any atom is 0.271 e. The lowest BCUT2D eigenvalue weighted by Gasteiger charge is -2.09. The van der Waals surface area contributed by atoms with Gasteiger partial charge in [0, 0.05) is 10.9 Å². The van der Waals surface area contributed by atoms with Gasteiger partial charge in [-0.1, -0.05) is 12.8 Å². The number of rotatable bonds is 2. The van der Waals surface area contributed by atoms with E-state index in [0.717, 1.165) is 17.7 Å². The number of aryl methyl sites for hydroxylation is 1. The second kappa shape index (κ2) is 4.09. The first-order valence-electron chi connectivity index (χ1n) is 5.00. The maximum absolute atomic E-state index is 11.6. The van der Waals surface area contributed by atoms with Crippen molar-refractivity contribution in [2.24, 2.45) is 0 Å². The number of nitrogens with one attached hydrogen (secondary N) is 1. The van der Waals surface area contributed by atoms with Crippen LogP contribution in [0.1, 0.15) is 41.0 Å². The Bertz CT molecular complexity index is 329. The van der Waals surface area contributed by atoms with Crippen molar-refractivity contribution in [3.8, 4) is 0 Å². The van der Waals surface area contributed by atoms with Gasteiger partial charge >= 0.3 is 0 Å². The predicted octanol–water partition coefficient (Wildman–Crippen LogP) is 2.12. The largest absolute Gasteiger partial charge is 0.348 e. The first-order chi connectivity index (χ1) is 6.75. The molecule has 0 unspecified atom stereocenters. The molecule has 1 saturated carbocycles. The van der Waals surface area contributed by atoms with Gasteiger partial charge in [0.2, 0.25) is 0 Å². The van der Waals surface area contributed by atoms with Gasteiger partial charge in [-0.2, -0.15) is 4.37 Å². The van der Waals surface area contributed by atoms with E-state index in [1.54, 1.807) is 0 Å². The van der Waals surface area contributed by atoms with Crippen molar-refractivity contribution < 1.29 is 4.79 Å². The zero-order valence-corrected chi connectivity index (χ0v) is 9.06. The summed E-state index contributed by atoms with van der Waals surface area (Å²) in [6.45, 7) is 1.96. The van der Waals surface area contributed by atoms with Crippen molar-refractivity contribution in [2.45, 2.75) is 38.6 Å². The zero-order chi connectivity index (χ0) is 9.97. The number of nitrogens with zero attached hydrogens (tertiary/aromatic N) is 1. The molecule has 0 bridgehead atoms. The van der Waals surface area contributed by atoms with Gasteiger partial charge in [0.15, 0.2) is 0 Å². The molecule has 2 rings (SSSR count). The third-order valence-electron chi connectivity index (χ3n) is 2.55. The first kappa shape index (κ1) is 9.65. The van der Waals surface area contributed by atoms with Crippen molar-refractivity contribution in [3.05, 3.63) is 16.6 Å². The summed E-state index contributed by atoms with van der Waals surface area (Å²) in [7, 11) is 0. The minimum absolute atomic E-state index is 0.0127. The SMILES string of the molecule is Cc1cc(C(=O)NC2CCCC2)ns1. The number of aromatic nitrogens is 1. The molecule has 4 heteroatoms. The molecular weight excluding hydrogens is 196 g/mol. The molecule has 1 fully saturated rings. The third kappa shape index (κ3) is 2.12. The van der Waals surface area contributed by atoms with Crippen molar-refractivity contribution >= 4 is 17.4 Å². The molecule has 1 heterocycles. The van der Waals surface area contributed by atoms with Gasteiger partial charge in [0.1, 0.15) is 5.69 Å². The Morgan fingerprint density at radius 2 is 2.29 bits per heavy atom. The molecule has 0 atom stereocenters. The zero-order valence-electron chi connectivity index (χ0n) is 8.25. The van der Waals surface area contributed by atoms with Gasteiger partial charge in [0.25, 0.3) is 5.91 Å². The van der Waals surface area contributed by atoms with E-state index in [4.69, 9.17) is 0 Å². The Morgan fingerprint density at radius 1 is 1.57 bits per heavy atom. The third-order valence-corrected chi connectivity index (χ3v) is 3.24. The highest BCUT2D eigenvalue weighted by Gasteiger charge is 2.18. The molecule has 0 aliphatic heterocycles. The molecule has 0 aromatic carbocycles. The molecule has 1 N–H and O–H groups in total. The van der Waals surface area contributed by atoms with E-state index in [2.05, 4.69) is 9.69 Å². The summed E-state index contributed by atoms with van der Waals surface area (Å²) in [5, 5.41) is 3.01. The smallest absolute Gasteiger partial charge is 0.271 e. The van der Waals surface area contributed by atoms with E-state index in [-0.39, 0.29) is 5.91 Å². The second-order valence-electron chi connectivity index (χ2n) is 3.78. The van der Waals surface area contributed by atoms with Crippen LogP contribution in [0.15, 0.2) is 6.07 Å².